The van der Waals surface area contributed by atoms with E-state index in [9.17, 15) is 0 Å². The minimum Gasteiger partial charge on any atom is 0 e. The first-order valence-corrected chi connectivity index (χ1v) is 19.7. The van der Waals surface area contributed by atoms with Crippen LogP contribution < -0.4 is 11.7 Å². The SMILES string of the molecule is CC.CC=NN.N/N=C/c1cc2ccccc2o1.[I][V]([I])[I].[Y].[Y]. The molecule has 0 bridgehead atoms. The Morgan fingerprint density at radius 2 is 1.50 bits per heavy atom. The Bertz CT molecular complexity index is 517. The van der Waals surface area contributed by atoms with Crippen LogP contribution in [0.4, 0.5) is 0 Å². The molecule has 0 atom stereocenters. The molecule has 130 valence electrons. The van der Waals surface area contributed by atoms with Crippen molar-refractivity contribution in [2.75, 3.05) is 0 Å². The van der Waals surface area contributed by atoms with Crippen LogP contribution in [0.2, 0.25) is 0 Å². The number of nitrogens with zero attached hydrogens (tertiary/aromatic N) is 2. The molecule has 1 aromatic heterocycles. The van der Waals surface area contributed by atoms with Crippen molar-refractivity contribution in [3.8, 4) is 0 Å². The molecule has 0 aliphatic rings. The van der Waals surface area contributed by atoms with Crippen molar-refractivity contribution < 1.29 is 74.8 Å². The van der Waals surface area contributed by atoms with E-state index in [1.54, 1.807) is 6.92 Å². The van der Waals surface area contributed by atoms with Gasteiger partial charge < -0.3 is 16.1 Å². The predicted octanol–water partition coefficient (Wildman–Crippen LogP) is 5.35. The van der Waals surface area contributed by atoms with Gasteiger partial charge in [-0.25, -0.2) is 0 Å². The summed E-state index contributed by atoms with van der Waals surface area (Å²) >= 11 is 7.39. The molecule has 1 heterocycles. The average molecular weight is 858 g/mol. The normalized spacial score (nSPS) is 8.96. The summed E-state index contributed by atoms with van der Waals surface area (Å²) in [5, 5.41) is 7.56. The van der Waals surface area contributed by atoms with Crippen LogP contribution in [-0.4, -0.2) is 12.4 Å². The van der Waals surface area contributed by atoms with E-state index in [0.29, 0.717) is 5.76 Å². The van der Waals surface area contributed by atoms with Crippen LogP contribution in [0.3, 0.4) is 0 Å². The van der Waals surface area contributed by atoms with Crippen LogP contribution in [0.5, 0.6) is 0 Å². The number of rotatable bonds is 1. The first-order chi connectivity index (χ1) is 10.5. The summed E-state index contributed by atoms with van der Waals surface area (Å²) in [5.74, 6) is 10.3. The van der Waals surface area contributed by atoms with Crippen LogP contribution in [0.15, 0.2) is 45.0 Å². The van der Waals surface area contributed by atoms with E-state index in [4.69, 9.17) is 10.3 Å². The van der Waals surface area contributed by atoms with Gasteiger partial charge >= 0.3 is 64.9 Å². The third kappa shape index (κ3) is 21.0. The van der Waals surface area contributed by atoms with Gasteiger partial charge in [0.25, 0.3) is 0 Å². The van der Waals surface area contributed by atoms with Crippen molar-refractivity contribution in [1.82, 2.24) is 0 Å². The minimum atomic E-state index is -0.278. The molecule has 0 saturated heterocycles. The number of hydrogen-bond acceptors (Lipinski definition) is 5. The van der Waals surface area contributed by atoms with E-state index in [2.05, 4.69) is 76.0 Å². The van der Waals surface area contributed by atoms with Gasteiger partial charge in [0, 0.05) is 77.0 Å². The minimum absolute atomic E-state index is 0. The Kier molecular flexibility index (Phi) is 36.6. The van der Waals surface area contributed by atoms with Crippen LogP contribution in [0, 0.1) is 0 Å². The number of nitrogens with two attached hydrogens (primary N) is 2. The second-order valence-electron chi connectivity index (χ2n) is 3.06. The fourth-order valence-electron chi connectivity index (χ4n) is 1.14. The van der Waals surface area contributed by atoms with Gasteiger partial charge in [0.1, 0.15) is 11.3 Å². The van der Waals surface area contributed by atoms with E-state index in [1.165, 1.54) is 12.4 Å². The number of fused-ring (bicyclic) bond motifs is 1. The molecule has 0 unspecified atom stereocenters. The van der Waals surface area contributed by atoms with Gasteiger partial charge in [0.2, 0.25) is 0 Å². The Hall–Kier alpha value is 2.68. The first kappa shape index (κ1) is 34.2. The van der Waals surface area contributed by atoms with Gasteiger partial charge in [-0.05, 0) is 19.1 Å². The smallest absolute Gasteiger partial charge is 0 e. The number of benzene rings is 1. The van der Waals surface area contributed by atoms with E-state index >= 15 is 0 Å². The molecule has 5 nitrogen and oxygen atoms in total. The average Bonchev–Trinajstić information content (AvgIpc) is 2.92. The summed E-state index contributed by atoms with van der Waals surface area (Å²) < 4.78 is 5.38. The topological polar surface area (TPSA) is 89.9 Å². The molecule has 2 radical (unpaired) electrons. The summed E-state index contributed by atoms with van der Waals surface area (Å²) in [5.41, 5.74) is 0.854. The van der Waals surface area contributed by atoms with Crippen molar-refractivity contribution in [2.45, 2.75) is 20.8 Å². The van der Waals surface area contributed by atoms with E-state index < -0.39 is 0 Å². The zero-order chi connectivity index (χ0) is 17.4. The maximum absolute atomic E-state index is 5.38. The fraction of sp³-hybridized carbons (Fsp3) is 0.231. The summed E-state index contributed by atoms with van der Waals surface area (Å²) in [6.45, 7) is 5.76. The molecule has 0 aliphatic heterocycles. The Balaban J connectivity index is -0.000000143. The number of furan rings is 1. The Morgan fingerprint density at radius 3 is 1.88 bits per heavy atom. The summed E-state index contributed by atoms with van der Waals surface area (Å²) in [4.78, 5) is -0.278. The maximum Gasteiger partial charge on any atom is 0 e. The quantitative estimate of drug-likeness (QED) is 0.176. The first-order valence-electron chi connectivity index (χ1n) is 6.22. The van der Waals surface area contributed by atoms with Gasteiger partial charge in [-0.3, -0.25) is 0 Å². The van der Waals surface area contributed by atoms with Gasteiger partial charge in [-0.15, -0.1) is 0 Å². The predicted molar refractivity (Wildman–Crippen MR) is 120 cm³/mol. The molecule has 2 rings (SSSR count). The van der Waals surface area contributed by atoms with Crippen LogP contribution in [0.1, 0.15) is 26.5 Å². The molecule has 2 aromatic rings. The fourth-order valence-corrected chi connectivity index (χ4v) is 1.14. The van der Waals surface area contributed by atoms with Crippen molar-refractivity contribution in [2.24, 2.45) is 21.9 Å². The van der Waals surface area contributed by atoms with E-state index in [0.717, 1.165) is 11.0 Å². The molecule has 0 amide bonds. The second-order valence-corrected chi connectivity index (χ2v) is 38.4. The van der Waals surface area contributed by atoms with Crippen molar-refractivity contribution in [3.05, 3.63) is 36.1 Å². The largest absolute Gasteiger partial charge is 0 e. The van der Waals surface area contributed by atoms with E-state index in [-0.39, 0.29) is 70.3 Å². The molecular formula is C13H20I3N4OVY2. The van der Waals surface area contributed by atoms with E-state index in [1.807, 2.05) is 44.2 Å². The number of hydrazone groups is 2. The van der Waals surface area contributed by atoms with Crippen LogP contribution in [-0.2, 0) is 70.3 Å². The summed E-state index contributed by atoms with van der Waals surface area (Å²) in [6.07, 6.45) is 3.01. The number of halogens is 3. The van der Waals surface area contributed by atoms with Crippen molar-refractivity contribution in [3.63, 3.8) is 0 Å². The number of para-hydroxylation sites is 1. The van der Waals surface area contributed by atoms with Gasteiger partial charge in [0.15, 0.2) is 0 Å². The van der Waals surface area contributed by atoms with Crippen molar-refractivity contribution in [1.29, 1.82) is 0 Å². The van der Waals surface area contributed by atoms with Crippen molar-refractivity contribution >= 4 is 83.3 Å². The molecule has 0 saturated carbocycles. The molecular weight excluding hydrogens is 838 g/mol. The standard InChI is InChI=1S/C9H8N2O.C2H6N2.C2H6.3HI.V.2Y/c10-11-6-8-5-7-3-1-2-4-9(7)12-8;1-2-4-3;1-2;;;;;;/h1-6H,10H2;2H,3H2,1H3;1-2H3;3*1H;;;/q;;;;;;+3;;/p-3/b11-6+;;;;;;;;. The molecule has 4 N–H and O–H groups in total. The second kappa shape index (κ2) is 25.7. The molecule has 24 heavy (non-hydrogen) atoms. The zero-order valence-corrected chi connectivity index (χ0v) is 27.3. The van der Waals surface area contributed by atoms with Gasteiger partial charge in [-0.2, -0.15) is 10.2 Å². The van der Waals surface area contributed by atoms with Crippen LogP contribution in [0.25, 0.3) is 11.0 Å². The third-order valence-corrected chi connectivity index (χ3v) is 1.80. The molecule has 1 aromatic carbocycles. The monoisotopic (exact) mass is 858 g/mol. The summed E-state index contributed by atoms with van der Waals surface area (Å²) in [6, 6.07) is 9.66. The zero-order valence-electron chi connectivity index (χ0n) is 13.7. The molecule has 0 aliphatic carbocycles. The molecule has 0 fully saturated rings. The summed E-state index contributed by atoms with van der Waals surface area (Å²) in [7, 11) is 0. The van der Waals surface area contributed by atoms with Crippen LogP contribution >= 0.6 is 59.9 Å². The molecule has 0 spiro atoms. The Morgan fingerprint density at radius 1 is 1.04 bits per heavy atom. The molecule has 11 heteroatoms. The Labute approximate surface area is 232 Å². The maximum atomic E-state index is 5.38. The van der Waals surface area contributed by atoms with Gasteiger partial charge in [-0.1, -0.05) is 32.0 Å². The van der Waals surface area contributed by atoms with Gasteiger partial charge in [0.05, 0.1) is 6.21 Å². The third-order valence-electron chi connectivity index (χ3n) is 1.80. The number of hydrogen-bond donors (Lipinski definition) is 2.